The predicted octanol–water partition coefficient (Wildman–Crippen LogP) is 2.45. The maximum absolute atomic E-state index is 11.9. The average molecular weight is 260 g/mol. The van der Waals surface area contributed by atoms with Crippen LogP contribution < -0.4 is 10.5 Å². The van der Waals surface area contributed by atoms with Gasteiger partial charge in [-0.3, -0.25) is 0 Å². The zero-order valence-electron chi connectivity index (χ0n) is 10.9. The highest BCUT2D eigenvalue weighted by molar-refractivity contribution is 6.02. The van der Waals surface area contributed by atoms with E-state index in [0.29, 0.717) is 29.3 Å². The highest BCUT2D eigenvalue weighted by Crippen LogP contribution is 2.30. The third kappa shape index (κ3) is 2.54. The molecule has 1 heterocycles. The number of ether oxygens (including phenoxy) is 2. The van der Waals surface area contributed by atoms with Crippen LogP contribution in [0.25, 0.3) is 11.1 Å². The van der Waals surface area contributed by atoms with Gasteiger partial charge in [-0.1, -0.05) is 12.1 Å². The van der Waals surface area contributed by atoms with Crippen molar-refractivity contribution in [2.24, 2.45) is 0 Å². The molecule has 100 valence electrons. The predicted molar refractivity (Wildman–Crippen MR) is 73.1 cm³/mol. The van der Waals surface area contributed by atoms with Crippen LogP contribution >= 0.6 is 0 Å². The van der Waals surface area contributed by atoms with Crippen molar-refractivity contribution >= 4 is 11.8 Å². The zero-order chi connectivity index (χ0) is 13.8. The molecular weight excluding hydrogens is 244 g/mol. The van der Waals surface area contributed by atoms with Gasteiger partial charge in [0, 0.05) is 11.8 Å². The normalized spacial score (nSPS) is 10.2. The van der Waals surface area contributed by atoms with E-state index in [1.807, 2.05) is 24.3 Å². The highest BCUT2D eigenvalue weighted by atomic mass is 16.5. The first-order valence-corrected chi connectivity index (χ1v) is 5.95. The second kappa shape index (κ2) is 5.48. The van der Waals surface area contributed by atoms with Crippen LogP contribution in [0.2, 0.25) is 0 Å². The number of aromatic nitrogens is 1. The number of nitrogen functional groups attached to an aromatic ring is 1. The highest BCUT2D eigenvalue weighted by Gasteiger charge is 2.19. The lowest BCUT2D eigenvalue weighted by Gasteiger charge is -2.06. The topological polar surface area (TPSA) is 77.3 Å². The molecular formula is C14H16N2O3. The monoisotopic (exact) mass is 260 g/mol. The van der Waals surface area contributed by atoms with E-state index < -0.39 is 5.97 Å². The van der Waals surface area contributed by atoms with Crippen molar-refractivity contribution in [1.29, 1.82) is 0 Å². The molecule has 0 amide bonds. The fourth-order valence-corrected chi connectivity index (χ4v) is 1.88. The Labute approximate surface area is 111 Å². The number of aromatic amines is 1. The Hall–Kier alpha value is -2.43. The van der Waals surface area contributed by atoms with Gasteiger partial charge in [-0.25, -0.2) is 4.79 Å². The van der Waals surface area contributed by atoms with E-state index in [1.54, 1.807) is 20.2 Å². The quantitative estimate of drug-likeness (QED) is 0.828. The Kier molecular flexibility index (Phi) is 3.75. The Morgan fingerprint density at radius 3 is 2.89 bits per heavy atom. The molecule has 3 N–H and O–H groups in total. The number of hydrogen-bond acceptors (Lipinski definition) is 4. The van der Waals surface area contributed by atoms with Crippen LogP contribution in [-0.2, 0) is 4.74 Å². The number of nitrogens with one attached hydrogen (secondary N) is 1. The van der Waals surface area contributed by atoms with Crippen molar-refractivity contribution in [2.45, 2.75) is 6.92 Å². The van der Waals surface area contributed by atoms with Crippen molar-refractivity contribution in [3.05, 3.63) is 36.0 Å². The van der Waals surface area contributed by atoms with Crippen LogP contribution in [0.4, 0.5) is 5.82 Å². The third-order valence-electron chi connectivity index (χ3n) is 2.77. The van der Waals surface area contributed by atoms with Crippen LogP contribution in [0.1, 0.15) is 17.3 Å². The standard InChI is InChI=1S/C14H16N2O3/c1-3-19-14(17)12-11(8-16-13(12)15)9-5-4-6-10(7-9)18-2/h4-8,16H,3,15H2,1-2H3. The Morgan fingerprint density at radius 2 is 2.21 bits per heavy atom. The fraction of sp³-hybridized carbons (Fsp3) is 0.214. The first kappa shape index (κ1) is 13.0. The summed E-state index contributed by atoms with van der Waals surface area (Å²) >= 11 is 0. The van der Waals surface area contributed by atoms with Crippen molar-refractivity contribution in [1.82, 2.24) is 4.98 Å². The lowest BCUT2D eigenvalue weighted by Crippen LogP contribution is -2.07. The van der Waals surface area contributed by atoms with Crippen LogP contribution in [0, 0.1) is 0 Å². The minimum absolute atomic E-state index is 0.302. The van der Waals surface area contributed by atoms with Gasteiger partial charge in [0.05, 0.1) is 13.7 Å². The van der Waals surface area contributed by atoms with Gasteiger partial charge < -0.3 is 20.2 Å². The molecule has 0 bridgehead atoms. The molecule has 0 saturated carbocycles. The fourth-order valence-electron chi connectivity index (χ4n) is 1.88. The number of nitrogens with two attached hydrogens (primary N) is 1. The van der Waals surface area contributed by atoms with Gasteiger partial charge in [0.2, 0.25) is 0 Å². The first-order valence-electron chi connectivity index (χ1n) is 5.95. The largest absolute Gasteiger partial charge is 0.497 e. The summed E-state index contributed by atoms with van der Waals surface area (Å²) in [5.74, 6) is 0.586. The van der Waals surface area contributed by atoms with E-state index in [9.17, 15) is 4.79 Å². The number of rotatable bonds is 4. The van der Waals surface area contributed by atoms with Gasteiger partial charge in [0.15, 0.2) is 0 Å². The van der Waals surface area contributed by atoms with Crippen molar-refractivity contribution in [3.8, 4) is 16.9 Å². The number of esters is 1. The van der Waals surface area contributed by atoms with Crippen molar-refractivity contribution < 1.29 is 14.3 Å². The number of H-pyrrole nitrogens is 1. The molecule has 0 aliphatic carbocycles. The van der Waals surface area contributed by atoms with E-state index in [-0.39, 0.29) is 0 Å². The summed E-state index contributed by atoms with van der Waals surface area (Å²) < 4.78 is 10.2. The molecule has 0 aliphatic rings. The van der Waals surface area contributed by atoms with Gasteiger partial charge in [0.25, 0.3) is 0 Å². The Morgan fingerprint density at radius 1 is 1.42 bits per heavy atom. The first-order chi connectivity index (χ1) is 9.17. The number of methoxy groups -OCH3 is 1. The summed E-state index contributed by atoms with van der Waals surface area (Å²) in [7, 11) is 1.59. The zero-order valence-corrected chi connectivity index (χ0v) is 10.9. The minimum Gasteiger partial charge on any atom is -0.497 e. The van der Waals surface area contributed by atoms with Gasteiger partial charge in [-0.05, 0) is 24.6 Å². The summed E-state index contributed by atoms with van der Waals surface area (Å²) in [5.41, 5.74) is 7.70. The minimum atomic E-state index is -0.431. The molecule has 0 aliphatic heterocycles. The summed E-state index contributed by atoms with van der Waals surface area (Å²) in [5, 5.41) is 0. The second-order valence-corrected chi connectivity index (χ2v) is 3.94. The SMILES string of the molecule is CCOC(=O)c1c(-c2cccc(OC)c2)c[nH]c1N. The Balaban J connectivity index is 2.47. The molecule has 0 atom stereocenters. The van der Waals surface area contributed by atoms with E-state index >= 15 is 0 Å². The van der Waals surface area contributed by atoms with Crippen molar-refractivity contribution in [3.63, 3.8) is 0 Å². The lowest BCUT2D eigenvalue weighted by atomic mass is 10.0. The van der Waals surface area contributed by atoms with E-state index in [0.717, 1.165) is 5.56 Å². The maximum atomic E-state index is 11.9. The summed E-state index contributed by atoms with van der Waals surface area (Å²) in [6, 6.07) is 7.41. The van der Waals surface area contributed by atoms with Gasteiger partial charge in [-0.2, -0.15) is 0 Å². The molecule has 0 unspecified atom stereocenters. The van der Waals surface area contributed by atoms with Crippen LogP contribution in [0.3, 0.4) is 0 Å². The number of carbonyl (C=O) groups excluding carboxylic acids is 1. The molecule has 2 aromatic rings. The number of hydrogen-bond donors (Lipinski definition) is 2. The molecule has 0 fully saturated rings. The lowest BCUT2D eigenvalue weighted by molar-refractivity contribution is 0.0528. The van der Waals surface area contributed by atoms with Gasteiger partial charge >= 0.3 is 5.97 Å². The van der Waals surface area contributed by atoms with Crippen LogP contribution in [-0.4, -0.2) is 24.7 Å². The van der Waals surface area contributed by atoms with Crippen molar-refractivity contribution in [2.75, 3.05) is 19.5 Å². The van der Waals surface area contributed by atoms with Gasteiger partial charge in [0.1, 0.15) is 17.1 Å². The molecule has 0 radical (unpaired) electrons. The average Bonchev–Trinajstić information content (AvgIpc) is 2.81. The smallest absolute Gasteiger partial charge is 0.342 e. The maximum Gasteiger partial charge on any atom is 0.342 e. The van der Waals surface area contributed by atoms with Gasteiger partial charge in [-0.15, -0.1) is 0 Å². The third-order valence-corrected chi connectivity index (χ3v) is 2.77. The Bertz CT molecular complexity index is 590. The number of benzene rings is 1. The molecule has 5 nitrogen and oxygen atoms in total. The van der Waals surface area contributed by atoms with E-state index in [2.05, 4.69) is 4.98 Å². The molecule has 19 heavy (non-hydrogen) atoms. The summed E-state index contributed by atoms with van der Waals surface area (Å²) in [6.07, 6.45) is 1.69. The van der Waals surface area contributed by atoms with E-state index in [4.69, 9.17) is 15.2 Å². The summed E-state index contributed by atoms with van der Waals surface area (Å²) in [4.78, 5) is 14.8. The van der Waals surface area contributed by atoms with E-state index in [1.165, 1.54) is 0 Å². The van der Waals surface area contributed by atoms with Crippen LogP contribution in [0.5, 0.6) is 5.75 Å². The molecule has 1 aromatic heterocycles. The molecule has 5 heteroatoms. The molecule has 1 aromatic carbocycles. The molecule has 0 saturated heterocycles. The number of anilines is 1. The molecule has 0 spiro atoms. The second-order valence-electron chi connectivity index (χ2n) is 3.94. The molecule has 2 rings (SSSR count). The number of carbonyl (C=O) groups is 1. The summed E-state index contributed by atoms with van der Waals surface area (Å²) in [6.45, 7) is 2.06. The van der Waals surface area contributed by atoms with Crippen LogP contribution in [0.15, 0.2) is 30.5 Å².